The fraction of sp³-hybridized carbons (Fsp3) is 0.111. The van der Waals surface area contributed by atoms with Crippen LogP contribution < -0.4 is 10.9 Å². The molecule has 0 aliphatic carbocycles. The smallest absolute Gasteiger partial charge is 0.267 e. The molecule has 6 nitrogen and oxygen atoms in total. The van der Waals surface area contributed by atoms with Gasteiger partial charge in [0, 0.05) is 35.6 Å². The Kier molecular flexibility index (Phi) is 5.20. The standard InChI is InChI=1S/C18H15ClN4O2/c19-15-5-3-14(4-6-15)16-7-8-18(25)23(22-16)12-17(24)21-11-13-2-1-9-20-10-13/h1-10H,11-12H2,(H,21,24). The van der Waals surface area contributed by atoms with Crippen LogP contribution in [0.5, 0.6) is 0 Å². The summed E-state index contributed by atoms with van der Waals surface area (Å²) in [7, 11) is 0. The Hall–Kier alpha value is -2.99. The molecule has 0 radical (unpaired) electrons. The summed E-state index contributed by atoms with van der Waals surface area (Å²) in [6, 6.07) is 13.8. The summed E-state index contributed by atoms with van der Waals surface area (Å²) in [5.74, 6) is -0.299. The van der Waals surface area contributed by atoms with Crippen LogP contribution in [0.15, 0.2) is 65.7 Å². The molecule has 126 valence electrons. The van der Waals surface area contributed by atoms with E-state index < -0.39 is 0 Å². The molecule has 1 N–H and O–H groups in total. The van der Waals surface area contributed by atoms with Crippen molar-refractivity contribution in [3.8, 4) is 11.3 Å². The number of hydrogen-bond donors (Lipinski definition) is 1. The fourth-order valence-electron chi connectivity index (χ4n) is 2.23. The van der Waals surface area contributed by atoms with Crippen molar-refractivity contribution in [3.05, 3.63) is 81.9 Å². The molecule has 0 spiro atoms. The number of amides is 1. The number of rotatable bonds is 5. The summed E-state index contributed by atoms with van der Waals surface area (Å²) >= 11 is 5.88. The van der Waals surface area contributed by atoms with Crippen LogP contribution in [0.25, 0.3) is 11.3 Å². The number of benzene rings is 1. The normalized spacial score (nSPS) is 10.4. The lowest BCUT2D eigenvalue weighted by molar-refractivity contribution is -0.122. The van der Waals surface area contributed by atoms with Crippen molar-refractivity contribution in [1.29, 1.82) is 0 Å². The van der Waals surface area contributed by atoms with E-state index in [4.69, 9.17) is 11.6 Å². The zero-order chi connectivity index (χ0) is 17.6. The summed E-state index contributed by atoms with van der Waals surface area (Å²) < 4.78 is 1.14. The van der Waals surface area contributed by atoms with Crippen LogP contribution in [0.4, 0.5) is 0 Å². The highest BCUT2D eigenvalue weighted by atomic mass is 35.5. The number of hydrogen-bond acceptors (Lipinski definition) is 4. The first-order valence-corrected chi connectivity index (χ1v) is 7.99. The van der Waals surface area contributed by atoms with E-state index in [0.29, 0.717) is 17.3 Å². The Bertz CT molecular complexity index is 924. The molecule has 1 amide bonds. The highest BCUT2D eigenvalue weighted by Crippen LogP contribution is 2.18. The SMILES string of the molecule is O=C(Cn1nc(-c2ccc(Cl)cc2)ccc1=O)NCc1cccnc1. The topological polar surface area (TPSA) is 76.9 Å². The Morgan fingerprint density at radius 1 is 1.12 bits per heavy atom. The fourth-order valence-corrected chi connectivity index (χ4v) is 2.36. The lowest BCUT2D eigenvalue weighted by Crippen LogP contribution is -2.33. The van der Waals surface area contributed by atoms with E-state index in [9.17, 15) is 9.59 Å². The Morgan fingerprint density at radius 2 is 1.92 bits per heavy atom. The zero-order valence-corrected chi connectivity index (χ0v) is 14.0. The minimum atomic E-state index is -0.339. The number of carbonyl (C=O) groups is 1. The van der Waals surface area contributed by atoms with Gasteiger partial charge in [0.2, 0.25) is 5.91 Å². The molecule has 0 fully saturated rings. The quantitative estimate of drug-likeness (QED) is 0.762. The van der Waals surface area contributed by atoms with Gasteiger partial charge in [0.25, 0.3) is 5.56 Å². The van der Waals surface area contributed by atoms with E-state index in [0.717, 1.165) is 15.8 Å². The van der Waals surface area contributed by atoms with Gasteiger partial charge in [0.15, 0.2) is 0 Å². The first-order valence-electron chi connectivity index (χ1n) is 7.61. The number of pyridine rings is 1. The Morgan fingerprint density at radius 3 is 2.64 bits per heavy atom. The van der Waals surface area contributed by atoms with Crippen LogP contribution in [-0.2, 0) is 17.9 Å². The first-order chi connectivity index (χ1) is 12.1. The second kappa shape index (κ2) is 7.72. The van der Waals surface area contributed by atoms with Crippen molar-refractivity contribution in [2.45, 2.75) is 13.1 Å². The predicted molar refractivity (Wildman–Crippen MR) is 95.0 cm³/mol. The minimum absolute atomic E-state index is 0.152. The second-order valence-corrected chi connectivity index (χ2v) is 5.80. The van der Waals surface area contributed by atoms with Crippen molar-refractivity contribution in [2.24, 2.45) is 0 Å². The van der Waals surface area contributed by atoms with Crippen molar-refractivity contribution in [1.82, 2.24) is 20.1 Å². The molecule has 0 atom stereocenters. The van der Waals surface area contributed by atoms with Gasteiger partial charge in [-0.1, -0.05) is 29.8 Å². The molecule has 3 aromatic rings. The van der Waals surface area contributed by atoms with Gasteiger partial charge >= 0.3 is 0 Å². The number of nitrogens with zero attached hydrogens (tertiary/aromatic N) is 3. The molecule has 7 heteroatoms. The molecule has 0 bridgehead atoms. The van der Waals surface area contributed by atoms with Gasteiger partial charge in [-0.2, -0.15) is 5.10 Å². The summed E-state index contributed by atoms with van der Waals surface area (Å²) in [6.45, 7) is 0.193. The Labute approximate surface area is 149 Å². The van der Waals surface area contributed by atoms with E-state index in [-0.39, 0.29) is 18.0 Å². The summed E-state index contributed by atoms with van der Waals surface area (Å²) in [5, 5.41) is 7.62. The maximum Gasteiger partial charge on any atom is 0.267 e. The van der Waals surface area contributed by atoms with Gasteiger partial charge in [0.05, 0.1) is 5.69 Å². The van der Waals surface area contributed by atoms with Gasteiger partial charge in [-0.3, -0.25) is 14.6 Å². The van der Waals surface area contributed by atoms with Crippen LogP contribution in [0.3, 0.4) is 0 Å². The lowest BCUT2D eigenvalue weighted by Gasteiger charge is -2.08. The average molecular weight is 355 g/mol. The molecular weight excluding hydrogens is 340 g/mol. The van der Waals surface area contributed by atoms with Crippen molar-refractivity contribution >= 4 is 17.5 Å². The van der Waals surface area contributed by atoms with Gasteiger partial charge < -0.3 is 5.32 Å². The molecule has 0 aliphatic rings. The first kappa shape index (κ1) is 16.9. The zero-order valence-electron chi connectivity index (χ0n) is 13.2. The number of nitrogens with one attached hydrogen (secondary N) is 1. The van der Waals surface area contributed by atoms with E-state index in [1.54, 1.807) is 36.7 Å². The van der Waals surface area contributed by atoms with Crippen LogP contribution in [-0.4, -0.2) is 20.7 Å². The highest BCUT2D eigenvalue weighted by molar-refractivity contribution is 6.30. The molecule has 0 unspecified atom stereocenters. The summed E-state index contributed by atoms with van der Waals surface area (Å²) in [6.07, 6.45) is 3.34. The van der Waals surface area contributed by atoms with E-state index >= 15 is 0 Å². The van der Waals surface area contributed by atoms with Gasteiger partial charge in [-0.05, 0) is 29.8 Å². The van der Waals surface area contributed by atoms with Crippen molar-refractivity contribution < 1.29 is 4.79 Å². The van der Waals surface area contributed by atoms with E-state index in [1.807, 2.05) is 18.2 Å². The van der Waals surface area contributed by atoms with Crippen LogP contribution in [0, 0.1) is 0 Å². The Balaban J connectivity index is 1.71. The average Bonchev–Trinajstić information content (AvgIpc) is 2.63. The second-order valence-electron chi connectivity index (χ2n) is 5.36. The molecule has 2 aromatic heterocycles. The predicted octanol–water partition coefficient (Wildman–Crippen LogP) is 2.28. The van der Waals surface area contributed by atoms with Crippen LogP contribution in [0.2, 0.25) is 5.02 Å². The molecule has 0 saturated heterocycles. The lowest BCUT2D eigenvalue weighted by atomic mass is 10.1. The number of halogens is 1. The summed E-state index contributed by atoms with van der Waals surface area (Å²) in [4.78, 5) is 28.0. The van der Waals surface area contributed by atoms with E-state index in [1.165, 1.54) is 6.07 Å². The monoisotopic (exact) mass is 354 g/mol. The molecule has 0 saturated carbocycles. The molecular formula is C18H15ClN4O2. The number of carbonyl (C=O) groups excluding carboxylic acids is 1. The largest absolute Gasteiger partial charge is 0.350 e. The van der Waals surface area contributed by atoms with Crippen LogP contribution >= 0.6 is 11.6 Å². The third-order valence-electron chi connectivity index (χ3n) is 3.51. The number of aromatic nitrogens is 3. The molecule has 1 aromatic carbocycles. The molecule has 2 heterocycles. The molecule has 0 aliphatic heterocycles. The highest BCUT2D eigenvalue weighted by Gasteiger charge is 2.08. The third kappa shape index (κ3) is 4.51. The maximum absolute atomic E-state index is 12.1. The van der Waals surface area contributed by atoms with Gasteiger partial charge in [0.1, 0.15) is 6.54 Å². The third-order valence-corrected chi connectivity index (χ3v) is 3.76. The van der Waals surface area contributed by atoms with Crippen molar-refractivity contribution in [2.75, 3.05) is 0 Å². The molecule has 25 heavy (non-hydrogen) atoms. The van der Waals surface area contributed by atoms with E-state index in [2.05, 4.69) is 15.4 Å². The minimum Gasteiger partial charge on any atom is -0.350 e. The van der Waals surface area contributed by atoms with Crippen LogP contribution in [0.1, 0.15) is 5.56 Å². The van der Waals surface area contributed by atoms with Crippen molar-refractivity contribution in [3.63, 3.8) is 0 Å². The van der Waals surface area contributed by atoms with Gasteiger partial charge in [-0.15, -0.1) is 0 Å². The summed E-state index contributed by atoms with van der Waals surface area (Å²) in [5.41, 5.74) is 1.95. The molecule has 3 rings (SSSR count). The van der Waals surface area contributed by atoms with Gasteiger partial charge in [-0.25, -0.2) is 4.68 Å². The maximum atomic E-state index is 12.1.